The highest BCUT2D eigenvalue weighted by Gasteiger charge is 2.08. The Morgan fingerprint density at radius 1 is 1.14 bits per heavy atom. The lowest BCUT2D eigenvalue weighted by Crippen LogP contribution is -2.25. The molecule has 0 saturated carbocycles. The van der Waals surface area contributed by atoms with Crippen molar-refractivity contribution in [2.75, 3.05) is 24.6 Å². The van der Waals surface area contributed by atoms with Gasteiger partial charge in [0.25, 0.3) is 0 Å². The maximum absolute atomic E-state index is 10.6. The third kappa shape index (κ3) is 5.59. The molecule has 0 amide bonds. The van der Waals surface area contributed by atoms with Crippen LogP contribution in [0, 0.1) is 0 Å². The maximum atomic E-state index is 10.6. The van der Waals surface area contributed by atoms with Gasteiger partial charge < -0.3 is 9.47 Å². The SMILES string of the molecule is CCN(CCCOS(=O)(=O)O)c1ccc(N=Nc2nc3ccccc3n2C)cc1. The van der Waals surface area contributed by atoms with Gasteiger partial charge >= 0.3 is 10.4 Å². The second-order valence-electron chi connectivity index (χ2n) is 6.36. The number of nitrogens with zero attached hydrogens (tertiary/aromatic N) is 5. The molecule has 1 heterocycles. The van der Waals surface area contributed by atoms with Gasteiger partial charge in [-0.3, -0.25) is 4.55 Å². The van der Waals surface area contributed by atoms with Gasteiger partial charge in [-0.1, -0.05) is 12.1 Å². The number of aromatic nitrogens is 2. The first kappa shape index (κ1) is 20.9. The lowest BCUT2D eigenvalue weighted by molar-refractivity contribution is 0.266. The van der Waals surface area contributed by atoms with Crippen LogP contribution in [0.5, 0.6) is 0 Å². The standard InChI is InChI=1S/C19H23N5O4S/c1-3-24(13-6-14-28-29(25,26)27)16-11-9-15(10-12-16)21-22-19-20-17-7-4-5-8-18(17)23(19)2/h4-5,7-12H,3,6,13-14H2,1-2H3,(H,25,26,27). The van der Waals surface area contributed by atoms with E-state index in [1.807, 2.05) is 67.1 Å². The van der Waals surface area contributed by atoms with Crippen LogP contribution in [0.3, 0.4) is 0 Å². The van der Waals surface area contributed by atoms with Gasteiger partial charge in [0.15, 0.2) is 0 Å². The second kappa shape index (κ2) is 9.12. The number of benzene rings is 2. The van der Waals surface area contributed by atoms with Crippen molar-refractivity contribution in [3.63, 3.8) is 0 Å². The Labute approximate surface area is 169 Å². The van der Waals surface area contributed by atoms with Crippen molar-refractivity contribution < 1.29 is 17.2 Å². The summed E-state index contributed by atoms with van der Waals surface area (Å²) in [4.78, 5) is 6.54. The summed E-state index contributed by atoms with van der Waals surface area (Å²) < 4.78 is 36.0. The van der Waals surface area contributed by atoms with Crippen molar-refractivity contribution in [3.8, 4) is 0 Å². The van der Waals surface area contributed by atoms with Crippen LogP contribution in [-0.2, 0) is 21.6 Å². The van der Waals surface area contributed by atoms with Gasteiger partial charge in [-0.25, -0.2) is 9.17 Å². The quantitative estimate of drug-likeness (QED) is 0.320. The fraction of sp³-hybridized carbons (Fsp3) is 0.316. The molecule has 3 rings (SSSR count). The van der Waals surface area contributed by atoms with E-state index in [2.05, 4.69) is 24.3 Å². The van der Waals surface area contributed by atoms with Crippen LogP contribution >= 0.6 is 0 Å². The van der Waals surface area contributed by atoms with Crippen molar-refractivity contribution in [3.05, 3.63) is 48.5 Å². The Morgan fingerprint density at radius 2 is 1.86 bits per heavy atom. The van der Waals surface area contributed by atoms with Crippen molar-refractivity contribution >= 4 is 38.8 Å². The molecule has 1 aromatic heterocycles. The van der Waals surface area contributed by atoms with Crippen LogP contribution in [0.25, 0.3) is 11.0 Å². The van der Waals surface area contributed by atoms with Gasteiger partial charge in [0.2, 0.25) is 5.95 Å². The molecule has 0 fully saturated rings. The Morgan fingerprint density at radius 3 is 2.52 bits per heavy atom. The molecule has 0 atom stereocenters. The fourth-order valence-electron chi connectivity index (χ4n) is 2.94. The zero-order valence-corrected chi connectivity index (χ0v) is 17.1. The number of azo groups is 1. The molecule has 0 spiro atoms. The zero-order valence-electron chi connectivity index (χ0n) is 16.3. The van der Waals surface area contributed by atoms with E-state index in [1.54, 1.807) is 0 Å². The lowest BCUT2D eigenvalue weighted by Gasteiger charge is -2.22. The Balaban J connectivity index is 1.64. The molecule has 154 valence electrons. The predicted octanol–water partition coefficient (Wildman–Crippen LogP) is 4.02. The summed E-state index contributed by atoms with van der Waals surface area (Å²) in [5, 5.41) is 8.53. The number of imidazole rings is 1. The minimum atomic E-state index is -4.39. The van der Waals surface area contributed by atoms with Crippen LogP contribution in [0.15, 0.2) is 58.8 Å². The molecule has 29 heavy (non-hydrogen) atoms. The van der Waals surface area contributed by atoms with Crippen molar-refractivity contribution in [1.29, 1.82) is 0 Å². The highest BCUT2D eigenvalue weighted by Crippen LogP contribution is 2.24. The third-order valence-corrected chi connectivity index (χ3v) is 4.88. The van der Waals surface area contributed by atoms with Gasteiger partial charge in [0, 0.05) is 25.8 Å². The molecular weight excluding hydrogens is 394 g/mol. The number of rotatable bonds is 9. The van der Waals surface area contributed by atoms with Crippen LogP contribution < -0.4 is 4.90 Å². The third-order valence-electron chi connectivity index (χ3n) is 4.42. The van der Waals surface area contributed by atoms with E-state index in [4.69, 9.17) is 4.55 Å². The predicted molar refractivity (Wildman–Crippen MR) is 111 cm³/mol. The minimum Gasteiger partial charge on any atom is -0.372 e. The summed E-state index contributed by atoms with van der Waals surface area (Å²) in [7, 11) is -2.49. The molecule has 9 nitrogen and oxygen atoms in total. The molecule has 10 heteroatoms. The summed E-state index contributed by atoms with van der Waals surface area (Å²) in [5.41, 5.74) is 3.54. The van der Waals surface area contributed by atoms with E-state index in [0.717, 1.165) is 23.3 Å². The topological polar surface area (TPSA) is 109 Å². The average Bonchev–Trinajstić information content (AvgIpc) is 3.02. The largest absolute Gasteiger partial charge is 0.397 e. The van der Waals surface area contributed by atoms with Crippen molar-refractivity contribution in [1.82, 2.24) is 9.55 Å². The van der Waals surface area contributed by atoms with E-state index in [1.165, 1.54) is 0 Å². The number of fused-ring (bicyclic) bond motifs is 1. The summed E-state index contributed by atoms with van der Waals surface area (Å²) >= 11 is 0. The highest BCUT2D eigenvalue weighted by molar-refractivity contribution is 7.80. The van der Waals surface area contributed by atoms with E-state index in [0.29, 0.717) is 24.6 Å². The summed E-state index contributed by atoms with van der Waals surface area (Å²) in [6, 6.07) is 15.4. The van der Waals surface area contributed by atoms with E-state index in [-0.39, 0.29) is 6.61 Å². The van der Waals surface area contributed by atoms with Crippen molar-refractivity contribution in [2.45, 2.75) is 13.3 Å². The Kier molecular flexibility index (Phi) is 6.57. The summed E-state index contributed by atoms with van der Waals surface area (Å²) in [5.74, 6) is 0.532. The maximum Gasteiger partial charge on any atom is 0.397 e. The van der Waals surface area contributed by atoms with E-state index in [9.17, 15) is 8.42 Å². The van der Waals surface area contributed by atoms with Crippen LogP contribution in [0.2, 0.25) is 0 Å². The van der Waals surface area contributed by atoms with E-state index >= 15 is 0 Å². The van der Waals surface area contributed by atoms with Gasteiger partial charge in [-0.05, 0) is 49.7 Å². The minimum absolute atomic E-state index is 0.0698. The first-order valence-corrected chi connectivity index (χ1v) is 10.5. The van der Waals surface area contributed by atoms with Gasteiger partial charge in [0.05, 0.1) is 23.3 Å². The smallest absolute Gasteiger partial charge is 0.372 e. The van der Waals surface area contributed by atoms with Crippen LogP contribution in [0.1, 0.15) is 13.3 Å². The van der Waals surface area contributed by atoms with Crippen LogP contribution in [0.4, 0.5) is 17.3 Å². The highest BCUT2D eigenvalue weighted by atomic mass is 32.3. The van der Waals surface area contributed by atoms with Gasteiger partial charge in [-0.2, -0.15) is 8.42 Å². The average molecular weight is 417 g/mol. The molecule has 1 N–H and O–H groups in total. The molecule has 0 saturated heterocycles. The number of hydrogen-bond donors (Lipinski definition) is 1. The molecule has 0 bridgehead atoms. The molecule has 2 aromatic carbocycles. The molecule has 0 radical (unpaired) electrons. The fourth-order valence-corrected chi connectivity index (χ4v) is 3.27. The molecule has 0 unspecified atom stereocenters. The monoisotopic (exact) mass is 417 g/mol. The number of para-hydroxylation sites is 2. The Bertz CT molecular complexity index is 1090. The number of aryl methyl sites for hydroxylation is 1. The molecule has 3 aromatic rings. The number of hydrogen-bond acceptors (Lipinski definition) is 7. The summed E-state index contributed by atoms with van der Waals surface area (Å²) in [6.07, 6.45) is 0.460. The normalized spacial score (nSPS) is 12.1. The van der Waals surface area contributed by atoms with Crippen molar-refractivity contribution in [2.24, 2.45) is 17.3 Å². The second-order valence-corrected chi connectivity index (χ2v) is 7.45. The van der Waals surface area contributed by atoms with E-state index < -0.39 is 10.4 Å². The Hall–Kier alpha value is -2.82. The van der Waals surface area contributed by atoms with Gasteiger partial charge in [0.1, 0.15) is 0 Å². The molecular formula is C19H23N5O4S. The number of anilines is 1. The van der Waals surface area contributed by atoms with Crippen LogP contribution in [-0.4, -0.2) is 42.2 Å². The first-order chi connectivity index (χ1) is 13.9. The zero-order chi connectivity index (χ0) is 20.9. The molecule has 0 aliphatic rings. The molecule has 0 aliphatic heterocycles. The lowest BCUT2D eigenvalue weighted by atomic mass is 10.2. The summed E-state index contributed by atoms with van der Waals surface area (Å²) in [6.45, 7) is 3.27. The molecule has 0 aliphatic carbocycles. The first-order valence-electron chi connectivity index (χ1n) is 9.17. The van der Waals surface area contributed by atoms with Gasteiger partial charge in [-0.15, -0.1) is 10.2 Å².